The van der Waals surface area contributed by atoms with Crippen molar-refractivity contribution in [3.05, 3.63) is 59.8 Å². The van der Waals surface area contributed by atoms with Gasteiger partial charge in [-0.25, -0.2) is 4.79 Å². The summed E-state index contributed by atoms with van der Waals surface area (Å²) in [6.07, 6.45) is 6.83. The molecule has 1 heterocycles. The lowest BCUT2D eigenvalue weighted by atomic mass is 9.98. The van der Waals surface area contributed by atoms with Crippen LogP contribution in [0.4, 0.5) is 0 Å². The maximum atomic E-state index is 12.9. The number of phenolic OH excluding ortho intramolecular Hbond substituents is 1. The number of aliphatic hydroxyl groups is 1. The van der Waals surface area contributed by atoms with Gasteiger partial charge < -0.3 is 20.3 Å². The topological polar surface area (TPSA) is 109 Å². The van der Waals surface area contributed by atoms with Gasteiger partial charge in [0.2, 0.25) is 0 Å². The molecule has 0 radical (unpaired) electrons. The van der Waals surface area contributed by atoms with Crippen LogP contribution in [0.3, 0.4) is 0 Å². The summed E-state index contributed by atoms with van der Waals surface area (Å²) < 4.78 is 5.47. The van der Waals surface area contributed by atoms with E-state index in [-0.39, 0.29) is 17.7 Å². The van der Waals surface area contributed by atoms with E-state index in [1.165, 1.54) is 12.3 Å². The number of ether oxygens (including phenoxy) is 1. The lowest BCUT2D eigenvalue weighted by Gasteiger charge is -2.25. The van der Waals surface area contributed by atoms with Gasteiger partial charge in [0, 0.05) is 18.0 Å². The summed E-state index contributed by atoms with van der Waals surface area (Å²) in [7, 11) is 0. The Morgan fingerprint density at radius 3 is 2.73 bits per heavy atom. The summed E-state index contributed by atoms with van der Waals surface area (Å²) in [5.41, 5.74) is 0.423. The number of benzene rings is 1. The van der Waals surface area contributed by atoms with Crippen molar-refractivity contribution in [2.75, 3.05) is 0 Å². The van der Waals surface area contributed by atoms with Crippen molar-refractivity contribution in [3.63, 3.8) is 0 Å². The molecule has 3 N–H and O–H groups in total. The van der Waals surface area contributed by atoms with E-state index < -0.39 is 29.6 Å². The molecule has 0 saturated heterocycles. The Labute approximate surface area is 175 Å². The van der Waals surface area contributed by atoms with Gasteiger partial charge in [0.1, 0.15) is 17.2 Å². The minimum Gasteiger partial charge on any atom is -0.505 e. The molecule has 0 fully saturated rings. The Morgan fingerprint density at radius 1 is 1.30 bits per heavy atom. The highest BCUT2D eigenvalue weighted by atomic mass is 16.6. The van der Waals surface area contributed by atoms with Crippen LogP contribution in [0.5, 0.6) is 5.75 Å². The van der Waals surface area contributed by atoms with E-state index in [0.29, 0.717) is 17.3 Å². The number of fused-ring (bicyclic) bond motifs is 1. The Kier molecular flexibility index (Phi) is 6.22. The Bertz CT molecular complexity index is 1020. The van der Waals surface area contributed by atoms with E-state index in [0.717, 1.165) is 5.57 Å². The monoisotopic (exact) mass is 410 g/mol. The molecule has 1 aromatic carbocycles. The number of aliphatic hydroxyl groups excluding tert-OH is 1. The van der Waals surface area contributed by atoms with Gasteiger partial charge in [-0.3, -0.25) is 9.78 Å². The van der Waals surface area contributed by atoms with Crippen molar-refractivity contribution < 1.29 is 24.5 Å². The first-order valence-corrected chi connectivity index (χ1v) is 9.80. The van der Waals surface area contributed by atoms with Crippen LogP contribution in [0.15, 0.2) is 54.3 Å². The van der Waals surface area contributed by atoms with E-state index in [1.807, 2.05) is 6.08 Å². The summed E-state index contributed by atoms with van der Waals surface area (Å²) in [4.78, 5) is 29.8. The predicted molar refractivity (Wildman–Crippen MR) is 113 cm³/mol. The number of nitrogens with zero attached hydrogens (tertiary/aromatic N) is 1. The average molecular weight is 410 g/mol. The molecular formula is C23H26N2O5. The molecular weight excluding hydrogens is 384 g/mol. The molecule has 1 aliphatic carbocycles. The second-order valence-electron chi connectivity index (χ2n) is 8.24. The molecule has 3 rings (SSSR count). The number of carbonyl (C=O) groups is 2. The van der Waals surface area contributed by atoms with Crippen LogP contribution >= 0.6 is 0 Å². The Morgan fingerprint density at radius 2 is 2.07 bits per heavy atom. The molecule has 2 atom stereocenters. The highest BCUT2D eigenvalue weighted by Gasteiger charge is 2.29. The van der Waals surface area contributed by atoms with Crippen LogP contribution in [0.25, 0.3) is 10.9 Å². The second kappa shape index (κ2) is 8.67. The van der Waals surface area contributed by atoms with Crippen LogP contribution in [0, 0.1) is 0 Å². The highest BCUT2D eigenvalue weighted by Crippen LogP contribution is 2.27. The molecule has 7 heteroatoms. The number of rotatable bonds is 5. The van der Waals surface area contributed by atoms with E-state index in [9.17, 15) is 19.8 Å². The highest BCUT2D eigenvalue weighted by molar-refractivity contribution is 6.03. The number of esters is 1. The van der Waals surface area contributed by atoms with Gasteiger partial charge in [-0.05, 0) is 44.9 Å². The largest absolute Gasteiger partial charge is 0.505 e. The van der Waals surface area contributed by atoms with Crippen LogP contribution in [-0.2, 0) is 9.53 Å². The van der Waals surface area contributed by atoms with Crippen LogP contribution in [0.1, 0.15) is 44.0 Å². The molecule has 7 nitrogen and oxygen atoms in total. The van der Waals surface area contributed by atoms with E-state index in [1.54, 1.807) is 51.1 Å². The summed E-state index contributed by atoms with van der Waals surface area (Å²) in [5, 5.41) is 23.5. The van der Waals surface area contributed by atoms with Crippen LogP contribution < -0.4 is 5.32 Å². The number of hydrogen-bond acceptors (Lipinski definition) is 6. The van der Waals surface area contributed by atoms with Gasteiger partial charge >= 0.3 is 5.97 Å². The number of pyridine rings is 1. The minimum absolute atomic E-state index is 0.0262. The minimum atomic E-state index is -0.957. The number of phenols is 1. The molecule has 0 aliphatic heterocycles. The maximum absolute atomic E-state index is 12.9. The van der Waals surface area contributed by atoms with E-state index in [2.05, 4.69) is 10.3 Å². The van der Waals surface area contributed by atoms with Gasteiger partial charge in [-0.2, -0.15) is 0 Å². The van der Waals surface area contributed by atoms with Crippen molar-refractivity contribution >= 4 is 22.8 Å². The van der Waals surface area contributed by atoms with Crippen LogP contribution in [0.2, 0.25) is 0 Å². The zero-order valence-corrected chi connectivity index (χ0v) is 17.3. The molecule has 1 unspecified atom stereocenters. The standard InChI is InChI=1S/C23H26N2O5/c1-23(2,3)30-22(29)18(13-14-6-9-16(26)10-7-14)25-21(28)17-11-8-15-5-4-12-24-19(15)20(17)27/h4-9,11-12,16,18,26-27H,10,13H2,1-3H3,(H,25,28)/t16?,18-/m0/s1. The van der Waals surface area contributed by atoms with Crippen LogP contribution in [-0.4, -0.2) is 44.8 Å². The number of nitrogens with one attached hydrogen (secondary N) is 1. The first-order valence-electron chi connectivity index (χ1n) is 9.80. The fraction of sp³-hybridized carbons (Fsp3) is 0.348. The lowest BCUT2D eigenvalue weighted by molar-refractivity contribution is -0.157. The fourth-order valence-corrected chi connectivity index (χ4v) is 3.16. The number of hydrogen-bond donors (Lipinski definition) is 3. The molecule has 1 aromatic heterocycles. The van der Waals surface area contributed by atoms with E-state index >= 15 is 0 Å². The first kappa shape index (κ1) is 21.5. The number of carbonyl (C=O) groups excluding carboxylic acids is 2. The van der Waals surface area contributed by atoms with Gasteiger partial charge in [-0.1, -0.05) is 30.4 Å². The molecule has 0 spiro atoms. The lowest BCUT2D eigenvalue weighted by Crippen LogP contribution is -2.44. The third kappa shape index (κ3) is 5.24. The average Bonchev–Trinajstić information content (AvgIpc) is 2.68. The first-order chi connectivity index (χ1) is 14.1. The Balaban J connectivity index is 1.84. The number of allylic oxidation sites excluding steroid dienone is 1. The SMILES string of the molecule is CC(C)(C)OC(=O)[C@H](CC1=CCC(O)C=C1)NC(=O)c1ccc2cccnc2c1O. The zero-order chi connectivity index (χ0) is 21.9. The van der Waals surface area contributed by atoms with Gasteiger partial charge in [0.15, 0.2) is 5.75 Å². The maximum Gasteiger partial charge on any atom is 0.329 e. The van der Waals surface area contributed by atoms with Crippen molar-refractivity contribution in [1.82, 2.24) is 10.3 Å². The second-order valence-corrected chi connectivity index (χ2v) is 8.24. The molecule has 158 valence electrons. The molecule has 0 saturated carbocycles. The van der Waals surface area contributed by atoms with Crippen molar-refractivity contribution in [2.24, 2.45) is 0 Å². The van der Waals surface area contributed by atoms with Crippen molar-refractivity contribution in [3.8, 4) is 5.75 Å². The third-order valence-corrected chi connectivity index (χ3v) is 4.58. The smallest absolute Gasteiger partial charge is 0.329 e. The van der Waals surface area contributed by atoms with E-state index in [4.69, 9.17) is 4.74 Å². The normalized spacial score (nSPS) is 17.3. The fourth-order valence-electron chi connectivity index (χ4n) is 3.16. The predicted octanol–water partition coefficient (Wildman–Crippen LogP) is 3.02. The number of aromatic nitrogens is 1. The molecule has 1 aliphatic rings. The molecule has 2 aromatic rings. The van der Waals surface area contributed by atoms with Crippen molar-refractivity contribution in [1.29, 1.82) is 0 Å². The third-order valence-electron chi connectivity index (χ3n) is 4.58. The van der Waals surface area contributed by atoms with Gasteiger partial charge in [-0.15, -0.1) is 0 Å². The summed E-state index contributed by atoms with van der Waals surface area (Å²) in [5.74, 6) is -1.42. The van der Waals surface area contributed by atoms with Crippen molar-refractivity contribution in [2.45, 2.75) is 51.4 Å². The molecule has 0 bridgehead atoms. The Hall–Kier alpha value is -3.19. The zero-order valence-electron chi connectivity index (χ0n) is 17.3. The summed E-state index contributed by atoms with van der Waals surface area (Å²) >= 11 is 0. The molecule has 30 heavy (non-hydrogen) atoms. The quantitative estimate of drug-likeness (QED) is 0.654. The summed E-state index contributed by atoms with van der Waals surface area (Å²) in [6.45, 7) is 5.25. The number of amides is 1. The number of aromatic hydroxyl groups is 1. The van der Waals surface area contributed by atoms with Gasteiger partial charge in [0.05, 0.1) is 11.7 Å². The molecule has 1 amide bonds. The summed E-state index contributed by atoms with van der Waals surface area (Å²) in [6, 6.07) is 5.75. The van der Waals surface area contributed by atoms with Gasteiger partial charge in [0.25, 0.3) is 5.91 Å².